The van der Waals surface area contributed by atoms with Crippen LogP contribution < -0.4 is 4.74 Å². The van der Waals surface area contributed by atoms with Crippen LogP contribution in [0.25, 0.3) is 0 Å². The average Bonchev–Trinajstić information content (AvgIpc) is 1.42. The summed E-state index contributed by atoms with van der Waals surface area (Å²) in [6, 6.07) is 68.0. The van der Waals surface area contributed by atoms with Gasteiger partial charge in [-0.25, -0.2) is 4.79 Å². The normalized spacial score (nSPS) is 25.1. The minimum atomic E-state index is -1.86. The van der Waals surface area contributed by atoms with Crippen LogP contribution in [0.1, 0.15) is 90.1 Å². The summed E-state index contributed by atoms with van der Waals surface area (Å²) in [5.74, 6) is -1.97. The SMILES string of the molecule is COC(=O)CCCCCO[C@@H]1O[C@H](COCc2ccc(OC)cc2)[C@@H](O[C@@H]2O[C@H](CO)[C@H](O)[C@H](O[C@H]3O[C@H](COCc4ccccc4)[C@H](OCc4ccccc4)[C@H](OCc4ccccc4)[C@H]3OCc3ccccc3)[C@H]2OC(=O)c2ccccc2)[C@H](OCc2ccccc2)[C@H]1N1C(=O)c2ccccc2C1=O. The minimum Gasteiger partial charge on any atom is -0.497 e. The van der Waals surface area contributed by atoms with Crippen molar-refractivity contribution in [1.29, 1.82) is 0 Å². The van der Waals surface area contributed by atoms with Gasteiger partial charge in [0.05, 0.1) is 90.4 Å². The number of hydrogen-bond acceptors (Lipinski definition) is 21. The number of methoxy groups -OCH3 is 2. The van der Waals surface area contributed by atoms with Crippen molar-refractivity contribution < 1.29 is 100 Å². The zero-order valence-corrected chi connectivity index (χ0v) is 58.6. The van der Waals surface area contributed by atoms with Crippen LogP contribution in [0.2, 0.25) is 0 Å². The molecule has 4 aliphatic rings. The molecule has 0 bridgehead atoms. The van der Waals surface area contributed by atoms with Gasteiger partial charge < -0.3 is 81.3 Å². The van der Waals surface area contributed by atoms with Gasteiger partial charge in [0, 0.05) is 13.0 Å². The molecule has 22 heteroatoms. The highest BCUT2D eigenvalue weighted by Gasteiger charge is 2.60. The summed E-state index contributed by atoms with van der Waals surface area (Å²) in [6.07, 6.45) is -18.6. The molecule has 0 unspecified atom stereocenters. The number of aliphatic hydroxyl groups excluding tert-OH is 2. The topological polar surface area (TPSA) is 250 Å². The Morgan fingerprint density at radius 1 is 0.419 bits per heavy atom. The van der Waals surface area contributed by atoms with Crippen molar-refractivity contribution in [3.8, 4) is 5.75 Å². The van der Waals surface area contributed by atoms with E-state index in [1.54, 1.807) is 73.8 Å². The van der Waals surface area contributed by atoms with E-state index in [2.05, 4.69) is 0 Å². The third-order valence-corrected chi connectivity index (χ3v) is 18.7. The fourth-order valence-corrected chi connectivity index (χ4v) is 13.3. The predicted octanol–water partition coefficient (Wildman–Crippen LogP) is 10.7. The molecule has 3 fully saturated rings. The molecule has 4 heterocycles. The standard InChI is InChI=1S/C83H89NO21/c1-91-62-43-41-60(42-44-62)48-94-54-67-72(73(97-50-57-30-14-5-15-31-57)69(81(101-67)95-45-25-9-22-40-68(86)92-2)84-78(88)63-38-23-24-39-64(63)79(84)89)104-83-77(103-80(90)61-36-20-8-21-37-61)74(70(87)65(46-85)100-83)105-82-76(99-52-59-34-18-7-19-35-59)75(98-51-58-32-16-6-17-33-58)71(96-49-56-28-12-4-13-29-56)66(102-82)53-93-47-55-26-10-3-11-27-55/h3-8,10-21,23-24,26-39,41-44,65-67,69-77,81-83,85,87H,9,22,25,40,45-54H2,1-2H3/t65-,66-,67-,69-,70+,71+,72-,73-,74+,75+,76-,77-,81-,82-,83+/m1/s1. The average molecular weight is 1440 g/mol. The van der Waals surface area contributed by atoms with Crippen molar-refractivity contribution in [2.45, 2.75) is 157 Å². The lowest BCUT2D eigenvalue weighted by Crippen LogP contribution is -2.70. The van der Waals surface area contributed by atoms with Gasteiger partial charge in [-0.05, 0) is 82.6 Å². The van der Waals surface area contributed by atoms with E-state index in [1.807, 2.05) is 164 Å². The van der Waals surface area contributed by atoms with E-state index in [-0.39, 0.29) is 88.5 Å². The van der Waals surface area contributed by atoms with Crippen LogP contribution in [0.15, 0.2) is 231 Å². The molecule has 4 aliphatic heterocycles. The Morgan fingerprint density at radius 3 is 1.36 bits per heavy atom. The number of aliphatic hydroxyl groups is 2. The molecular weight excluding hydrogens is 1350 g/mol. The fraction of sp³-hybridized carbons (Fsp3) is 0.373. The number of imide groups is 1. The van der Waals surface area contributed by atoms with Gasteiger partial charge in [-0.3, -0.25) is 19.3 Å². The molecule has 105 heavy (non-hydrogen) atoms. The van der Waals surface area contributed by atoms with Crippen LogP contribution in [0.3, 0.4) is 0 Å². The van der Waals surface area contributed by atoms with E-state index in [0.717, 1.165) is 32.7 Å². The zero-order chi connectivity index (χ0) is 72.7. The van der Waals surface area contributed by atoms with Crippen LogP contribution in [0, 0.1) is 0 Å². The second-order valence-electron chi connectivity index (χ2n) is 25.9. The Kier molecular flexibility index (Phi) is 27.7. The maximum Gasteiger partial charge on any atom is 0.338 e. The van der Waals surface area contributed by atoms with Gasteiger partial charge in [0.25, 0.3) is 11.8 Å². The minimum absolute atomic E-state index is 0.00337. The summed E-state index contributed by atoms with van der Waals surface area (Å²) in [4.78, 5) is 58.7. The van der Waals surface area contributed by atoms with Gasteiger partial charge in [-0.1, -0.05) is 201 Å². The molecule has 22 nitrogen and oxygen atoms in total. The molecule has 8 aromatic carbocycles. The molecule has 2 amide bonds. The third-order valence-electron chi connectivity index (χ3n) is 18.7. The molecule has 15 atom stereocenters. The molecular formula is C83H89NO21. The smallest absolute Gasteiger partial charge is 0.338 e. The van der Waals surface area contributed by atoms with Gasteiger partial charge in [0.15, 0.2) is 25.0 Å². The summed E-state index contributed by atoms with van der Waals surface area (Å²) >= 11 is 0. The number of amides is 2. The van der Waals surface area contributed by atoms with Crippen molar-refractivity contribution >= 4 is 23.8 Å². The quantitative estimate of drug-likeness (QED) is 0.0210. The maximum absolute atomic E-state index is 15.2. The number of hydrogen-bond donors (Lipinski definition) is 2. The Hall–Kier alpha value is -8.92. The fourth-order valence-electron chi connectivity index (χ4n) is 13.3. The zero-order valence-electron chi connectivity index (χ0n) is 58.6. The summed E-state index contributed by atoms with van der Waals surface area (Å²) in [5, 5.41) is 24.6. The number of esters is 2. The van der Waals surface area contributed by atoms with E-state index in [4.69, 9.17) is 71.1 Å². The maximum atomic E-state index is 15.2. The molecule has 12 rings (SSSR count). The molecule has 3 saturated heterocycles. The Labute approximate surface area is 610 Å². The van der Waals surface area contributed by atoms with Crippen LogP contribution in [0.4, 0.5) is 0 Å². The summed E-state index contributed by atoms with van der Waals surface area (Å²) in [7, 11) is 2.90. The van der Waals surface area contributed by atoms with Crippen LogP contribution in [0.5, 0.6) is 5.75 Å². The summed E-state index contributed by atoms with van der Waals surface area (Å²) in [5.41, 5.74) is 5.17. The second kappa shape index (κ2) is 38.4. The molecule has 0 aromatic heterocycles. The number of rotatable bonds is 36. The van der Waals surface area contributed by atoms with Crippen LogP contribution >= 0.6 is 0 Å². The highest BCUT2D eigenvalue weighted by Crippen LogP contribution is 2.41. The molecule has 2 N–H and O–H groups in total. The number of carbonyl (C=O) groups is 4. The molecule has 552 valence electrons. The first kappa shape index (κ1) is 75.8. The Balaban J connectivity index is 0.967. The lowest BCUT2D eigenvalue weighted by Gasteiger charge is -2.51. The molecule has 0 radical (unpaired) electrons. The lowest BCUT2D eigenvalue weighted by molar-refractivity contribution is -0.384. The number of benzene rings is 8. The van der Waals surface area contributed by atoms with E-state index in [1.165, 1.54) is 7.11 Å². The van der Waals surface area contributed by atoms with Crippen molar-refractivity contribution in [1.82, 2.24) is 4.90 Å². The summed E-state index contributed by atoms with van der Waals surface area (Å²) < 4.78 is 101. The Bertz CT molecular complexity index is 3930. The monoisotopic (exact) mass is 1440 g/mol. The first-order valence-corrected chi connectivity index (χ1v) is 35.5. The predicted molar refractivity (Wildman–Crippen MR) is 380 cm³/mol. The highest BCUT2D eigenvalue weighted by atomic mass is 16.8. The molecule has 8 aromatic rings. The van der Waals surface area contributed by atoms with Crippen LogP contribution in [-0.4, -0.2) is 172 Å². The van der Waals surface area contributed by atoms with E-state index in [9.17, 15) is 15.0 Å². The van der Waals surface area contributed by atoms with Crippen molar-refractivity contribution in [3.05, 3.63) is 281 Å². The summed E-state index contributed by atoms with van der Waals surface area (Å²) in [6.45, 7) is -0.902. The van der Waals surface area contributed by atoms with Crippen molar-refractivity contribution in [2.24, 2.45) is 0 Å². The first-order chi connectivity index (χ1) is 51.5. The van der Waals surface area contributed by atoms with E-state index in [0.29, 0.717) is 30.6 Å². The number of unbranched alkanes of at least 4 members (excludes halogenated alkanes) is 2. The third kappa shape index (κ3) is 20.0. The number of carbonyl (C=O) groups excluding carboxylic acids is 4. The van der Waals surface area contributed by atoms with Gasteiger partial charge in [0.1, 0.15) is 72.8 Å². The van der Waals surface area contributed by atoms with E-state index < -0.39 is 116 Å². The Morgan fingerprint density at radius 2 is 0.848 bits per heavy atom. The molecule has 0 saturated carbocycles. The molecule has 0 spiro atoms. The number of ether oxygens (including phenoxy) is 15. The van der Waals surface area contributed by atoms with Crippen molar-refractivity contribution in [3.63, 3.8) is 0 Å². The highest BCUT2D eigenvalue weighted by molar-refractivity contribution is 6.21. The number of fused-ring (bicyclic) bond motifs is 1. The van der Waals surface area contributed by atoms with Gasteiger partial charge >= 0.3 is 11.9 Å². The lowest BCUT2D eigenvalue weighted by atomic mass is 9.93. The van der Waals surface area contributed by atoms with Crippen molar-refractivity contribution in [2.75, 3.05) is 40.6 Å². The second-order valence-corrected chi connectivity index (χ2v) is 25.9. The van der Waals surface area contributed by atoms with Gasteiger partial charge in [-0.2, -0.15) is 0 Å². The van der Waals surface area contributed by atoms with Gasteiger partial charge in [0.2, 0.25) is 0 Å². The molecule has 0 aliphatic carbocycles. The largest absolute Gasteiger partial charge is 0.497 e. The number of nitrogens with zero attached hydrogens (tertiary/aromatic N) is 1. The van der Waals surface area contributed by atoms with E-state index >= 15 is 14.4 Å². The first-order valence-electron chi connectivity index (χ1n) is 35.5. The van der Waals surface area contributed by atoms with Crippen LogP contribution in [-0.2, 0) is 111 Å². The van der Waals surface area contributed by atoms with Gasteiger partial charge in [-0.15, -0.1) is 0 Å².